The summed E-state index contributed by atoms with van der Waals surface area (Å²) in [5.41, 5.74) is 1.49. The van der Waals surface area contributed by atoms with Gasteiger partial charge in [-0.25, -0.2) is 4.39 Å². The average Bonchev–Trinajstić information content (AvgIpc) is 3.12. The zero-order valence-electron chi connectivity index (χ0n) is 14.2. The minimum Gasteiger partial charge on any atom is -0.496 e. The number of amides is 1. The summed E-state index contributed by atoms with van der Waals surface area (Å²) < 4.78 is 23.4. The van der Waals surface area contributed by atoms with Crippen LogP contribution in [0.5, 0.6) is 5.75 Å². The summed E-state index contributed by atoms with van der Waals surface area (Å²) in [5, 5.41) is 6.74. The van der Waals surface area contributed by atoms with E-state index in [0.717, 1.165) is 11.1 Å². The highest BCUT2D eigenvalue weighted by molar-refractivity contribution is 5.78. The van der Waals surface area contributed by atoms with Crippen molar-refractivity contribution in [3.63, 3.8) is 0 Å². The molecule has 1 amide bonds. The van der Waals surface area contributed by atoms with Crippen molar-refractivity contribution < 1.29 is 18.4 Å². The summed E-state index contributed by atoms with van der Waals surface area (Å²) in [6, 6.07) is 13.2. The first-order valence-corrected chi connectivity index (χ1v) is 8.13. The van der Waals surface area contributed by atoms with E-state index in [2.05, 4.69) is 15.5 Å². The molecule has 7 heteroatoms. The summed E-state index contributed by atoms with van der Waals surface area (Å²) in [7, 11) is 1.58. The van der Waals surface area contributed by atoms with E-state index in [-0.39, 0.29) is 18.1 Å². The molecule has 0 aliphatic carbocycles. The number of nitrogens with one attached hydrogen (secondary N) is 1. The van der Waals surface area contributed by atoms with E-state index in [0.29, 0.717) is 30.4 Å². The second kappa shape index (κ2) is 8.24. The zero-order chi connectivity index (χ0) is 18.4. The van der Waals surface area contributed by atoms with Crippen LogP contribution >= 0.6 is 0 Å². The van der Waals surface area contributed by atoms with Crippen molar-refractivity contribution in [1.82, 2.24) is 15.5 Å². The van der Waals surface area contributed by atoms with Crippen molar-refractivity contribution in [2.75, 3.05) is 13.7 Å². The fraction of sp³-hybridized carbons (Fsp3) is 0.211. The minimum atomic E-state index is -0.323. The van der Waals surface area contributed by atoms with Gasteiger partial charge in [0.1, 0.15) is 11.6 Å². The summed E-state index contributed by atoms with van der Waals surface area (Å²) in [5.74, 6) is 1.05. The number of benzene rings is 2. The molecule has 0 fully saturated rings. The van der Waals surface area contributed by atoms with E-state index in [4.69, 9.17) is 9.26 Å². The Kier molecular flexibility index (Phi) is 5.58. The SMILES string of the molecule is COc1ccccc1-c1noc(CCNC(=O)Cc2ccc(F)cc2)n1. The lowest BCUT2D eigenvalue weighted by atomic mass is 10.1. The van der Waals surface area contributed by atoms with Crippen LogP contribution in [0.15, 0.2) is 53.1 Å². The smallest absolute Gasteiger partial charge is 0.228 e. The third kappa shape index (κ3) is 4.44. The van der Waals surface area contributed by atoms with Crippen LogP contribution in [0.2, 0.25) is 0 Å². The van der Waals surface area contributed by atoms with E-state index in [1.165, 1.54) is 12.1 Å². The number of ether oxygens (including phenoxy) is 1. The van der Waals surface area contributed by atoms with Gasteiger partial charge in [0.2, 0.25) is 17.6 Å². The Bertz CT molecular complexity index is 878. The Balaban J connectivity index is 1.52. The first-order chi connectivity index (χ1) is 12.7. The molecule has 0 spiro atoms. The van der Waals surface area contributed by atoms with Crippen LogP contribution in [0.1, 0.15) is 11.5 Å². The van der Waals surface area contributed by atoms with E-state index < -0.39 is 0 Å². The van der Waals surface area contributed by atoms with Crippen molar-refractivity contribution in [3.05, 3.63) is 65.8 Å². The van der Waals surface area contributed by atoms with Crippen LogP contribution in [-0.2, 0) is 17.6 Å². The molecule has 0 unspecified atom stereocenters. The Morgan fingerprint density at radius 1 is 1.19 bits per heavy atom. The number of hydrogen-bond acceptors (Lipinski definition) is 5. The summed E-state index contributed by atoms with van der Waals surface area (Å²) in [6.07, 6.45) is 0.605. The number of rotatable bonds is 7. The molecule has 1 N–H and O–H groups in total. The van der Waals surface area contributed by atoms with Gasteiger partial charge < -0.3 is 14.6 Å². The molecule has 0 saturated carbocycles. The molecule has 134 valence electrons. The van der Waals surface area contributed by atoms with Gasteiger partial charge in [0.25, 0.3) is 0 Å². The summed E-state index contributed by atoms with van der Waals surface area (Å²) in [6.45, 7) is 0.369. The number of methoxy groups -OCH3 is 1. The lowest BCUT2D eigenvalue weighted by Crippen LogP contribution is -2.27. The van der Waals surface area contributed by atoms with Crippen LogP contribution in [-0.4, -0.2) is 29.7 Å². The molecule has 0 bridgehead atoms. The lowest BCUT2D eigenvalue weighted by Gasteiger charge is -2.04. The maximum Gasteiger partial charge on any atom is 0.228 e. The second-order valence-electron chi connectivity index (χ2n) is 5.62. The van der Waals surface area contributed by atoms with E-state index in [1.54, 1.807) is 19.2 Å². The molecule has 3 rings (SSSR count). The topological polar surface area (TPSA) is 77.3 Å². The number of carbonyl (C=O) groups is 1. The molecule has 1 aromatic heterocycles. The summed E-state index contributed by atoms with van der Waals surface area (Å²) in [4.78, 5) is 16.2. The highest BCUT2D eigenvalue weighted by atomic mass is 19.1. The van der Waals surface area contributed by atoms with E-state index >= 15 is 0 Å². The number of hydrogen-bond donors (Lipinski definition) is 1. The average molecular weight is 355 g/mol. The van der Waals surface area contributed by atoms with Crippen LogP contribution < -0.4 is 10.1 Å². The Morgan fingerprint density at radius 3 is 2.73 bits per heavy atom. The monoisotopic (exact) mass is 355 g/mol. The lowest BCUT2D eigenvalue weighted by molar-refractivity contribution is -0.120. The van der Waals surface area contributed by atoms with Gasteiger partial charge in [0.05, 0.1) is 19.1 Å². The third-order valence-corrected chi connectivity index (χ3v) is 3.75. The van der Waals surface area contributed by atoms with Gasteiger partial charge in [0.15, 0.2) is 0 Å². The molecule has 0 radical (unpaired) electrons. The maximum absolute atomic E-state index is 12.9. The molecular formula is C19H18FN3O3. The molecule has 0 atom stereocenters. The van der Waals surface area contributed by atoms with Crippen molar-refractivity contribution >= 4 is 5.91 Å². The fourth-order valence-corrected chi connectivity index (χ4v) is 2.45. The van der Waals surface area contributed by atoms with E-state index in [9.17, 15) is 9.18 Å². The fourth-order valence-electron chi connectivity index (χ4n) is 2.45. The standard InChI is InChI=1S/C19H18FN3O3/c1-25-16-5-3-2-4-15(16)19-22-18(26-23-19)10-11-21-17(24)12-13-6-8-14(20)9-7-13/h2-9H,10-12H2,1H3,(H,21,24). The Morgan fingerprint density at radius 2 is 1.96 bits per heavy atom. The zero-order valence-corrected chi connectivity index (χ0v) is 14.2. The van der Waals surface area contributed by atoms with Gasteiger partial charge in [-0.2, -0.15) is 4.98 Å². The number of halogens is 1. The highest BCUT2D eigenvalue weighted by Gasteiger charge is 2.13. The predicted molar refractivity (Wildman–Crippen MR) is 93.1 cm³/mol. The molecular weight excluding hydrogens is 337 g/mol. The molecule has 2 aromatic carbocycles. The normalized spacial score (nSPS) is 10.5. The van der Waals surface area contributed by atoms with Crippen molar-refractivity contribution in [2.45, 2.75) is 12.8 Å². The van der Waals surface area contributed by atoms with Gasteiger partial charge >= 0.3 is 0 Å². The first-order valence-electron chi connectivity index (χ1n) is 8.13. The van der Waals surface area contributed by atoms with Gasteiger partial charge in [-0.1, -0.05) is 29.4 Å². The molecule has 0 aliphatic heterocycles. The Labute approximate surface area is 150 Å². The van der Waals surface area contributed by atoms with Gasteiger partial charge in [-0.15, -0.1) is 0 Å². The highest BCUT2D eigenvalue weighted by Crippen LogP contribution is 2.26. The van der Waals surface area contributed by atoms with Crippen molar-refractivity contribution in [1.29, 1.82) is 0 Å². The van der Waals surface area contributed by atoms with Gasteiger partial charge in [-0.3, -0.25) is 4.79 Å². The second-order valence-corrected chi connectivity index (χ2v) is 5.62. The maximum atomic E-state index is 12.9. The van der Waals surface area contributed by atoms with Gasteiger partial charge in [0, 0.05) is 13.0 Å². The van der Waals surface area contributed by atoms with Crippen LogP contribution in [0.3, 0.4) is 0 Å². The number of para-hydroxylation sites is 1. The summed E-state index contributed by atoms with van der Waals surface area (Å²) >= 11 is 0. The van der Waals surface area contributed by atoms with Gasteiger partial charge in [-0.05, 0) is 29.8 Å². The van der Waals surface area contributed by atoms with Crippen LogP contribution in [0.4, 0.5) is 4.39 Å². The quantitative estimate of drug-likeness (QED) is 0.705. The predicted octanol–water partition coefficient (Wildman–Crippen LogP) is 2.79. The Hall–Kier alpha value is -3.22. The number of carbonyl (C=O) groups excluding carboxylic acids is 1. The van der Waals surface area contributed by atoms with Crippen molar-refractivity contribution in [2.24, 2.45) is 0 Å². The molecule has 1 heterocycles. The first kappa shape index (κ1) is 17.6. The molecule has 3 aromatic rings. The van der Waals surface area contributed by atoms with E-state index in [1.807, 2.05) is 24.3 Å². The third-order valence-electron chi connectivity index (χ3n) is 3.75. The largest absolute Gasteiger partial charge is 0.496 e. The molecule has 0 aliphatic rings. The number of aromatic nitrogens is 2. The van der Waals surface area contributed by atoms with Crippen LogP contribution in [0, 0.1) is 5.82 Å². The molecule has 6 nitrogen and oxygen atoms in total. The number of nitrogens with zero attached hydrogens (tertiary/aromatic N) is 2. The van der Waals surface area contributed by atoms with Crippen LogP contribution in [0.25, 0.3) is 11.4 Å². The minimum absolute atomic E-state index is 0.152. The van der Waals surface area contributed by atoms with Crippen molar-refractivity contribution in [3.8, 4) is 17.1 Å². The molecule has 26 heavy (non-hydrogen) atoms. The molecule has 0 saturated heterocycles.